The van der Waals surface area contributed by atoms with E-state index in [2.05, 4.69) is 5.16 Å². The van der Waals surface area contributed by atoms with Gasteiger partial charge in [-0.2, -0.15) is 0 Å². The van der Waals surface area contributed by atoms with Crippen LogP contribution in [0.15, 0.2) is 5.16 Å². The van der Waals surface area contributed by atoms with Gasteiger partial charge >= 0.3 is 0 Å². The fourth-order valence-electron chi connectivity index (χ4n) is 1.49. The Hall–Kier alpha value is -1.31. The minimum absolute atomic E-state index is 0.0189. The van der Waals surface area contributed by atoms with E-state index in [-0.39, 0.29) is 36.2 Å². The van der Waals surface area contributed by atoms with Crippen molar-refractivity contribution in [2.45, 2.75) is 12.8 Å². The topological polar surface area (TPSA) is 113 Å². The molecule has 7 nitrogen and oxygen atoms in total. The number of oxime groups is 1. The zero-order valence-electron chi connectivity index (χ0n) is 8.79. The fourth-order valence-corrected chi connectivity index (χ4v) is 2.76. The molecule has 3 N–H and O–H groups in total. The Morgan fingerprint density at radius 2 is 2.06 bits per heavy atom. The first-order valence-corrected chi connectivity index (χ1v) is 6.71. The number of hydrogen-bond donors (Lipinski definition) is 2. The van der Waals surface area contributed by atoms with Crippen molar-refractivity contribution >= 4 is 21.6 Å². The molecule has 0 aromatic rings. The summed E-state index contributed by atoms with van der Waals surface area (Å²) in [6.45, 7) is 0.580. The Kier molecular flexibility index (Phi) is 4.11. The van der Waals surface area contributed by atoms with Crippen LogP contribution in [-0.4, -0.2) is 54.9 Å². The molecule has 92 valence electrons. The summed E-state index contributed by atoms with van der Waals surface area (Å²) < 4.78 is 22.6. The molecular weight excluding hydrogens is 234 g/mol. The summed E-state index contributed by atoms with van der Waals surface area (Å²) in [6, 6.07) is 0. The predicted octanol–water partition coefficient (Wildman–Crippen LogP) is -1.23. The van der Waals surface area contributed by atoms with Crippen LogP contribution in [0, 0.1) is 0 Å². The maximum Gasteiger partial charge on any atom is 0.230 e. The Labute approximate surface area is 93.8 Å². The summed E-state index contributed by atoms with van der Waals surface area (Å²) in [6.07, 6.45) is 0.251. The van der Waals surface area contributed by atoms with E-state index in [0.29, 0.717) is 13.0 Å². The highest BCUT2D eigenvalue weighted by Gasteiger charge is 2.22. The van der Waals surface area contributed by atoms with Gasteiger partial charge in [0.1, 0.15) is 5.84 Å². The number of amides is 1. The molecular formula is C8H15N3O4S. The number of hydrogen-bond acceptors (Lipinski definition) is 5. The van der Waals surface area contributed by atoms with Gasteiger partial charge < -0.3 is 15.8 Å². The van der Waals surface area contributed by atoms with Crippen LogP contribution in [0.5, 0.6) is 0 Å². The molecule has 1 aliphatic heterocycles. The molecule has 0 radical (unpaired) electrons. The lowest BCUT2D eigenvalue weighted by molar-refractivity contribution is -0.129. The molecule has 1 rings (SSSR count). The zero-order chi connectivity index (χ0) is 12.2. The lowest BCUT2D eigenvalue weighted by Gasteiger charge is -2.19. The third-order valence-electron chi connectivity index (χ3n) is 2.37. The Morgan fingerprint density at radius 3 is 2.69 bits per heavy atom. The van der Waals surface area contributed by atoms with Gasteiger partial charge in [0.25, 0.3) is 0 Å². The van der Waals surface area contributed by atoms with Crippen LogP contribution < -0.4 is 5.73 Å². The highest BCUT2D eigenvalue weighted by atomic mass is 32.2. The molecule has 0 spiro atoms. The van der Waals surface area contributed by atoms with Gasteiger partial charge in [0, 0.05) is 13.1 Å². The molecule has 1 saturated heterocycles. The van der Waals surface area contributed by atoms with Crippen molar-refractivity contribution in [2.24, 2.45) is 10.9 Å². The SMILES string of the molecule is NC(CC(=O)N1CCCS(=O)(=O)CC1)=NO. The monoisotopic (exact) mass is 249 g/mol. The number of carbonyl (C=O) groups is 1. The van der Waals surface area contributed by atoms with Gasteiger partial charge in [0.05, 0.1) is 17.9 Å². The van der Waals surface area contributed by atoms with Crippen LogP contribution in [0.3, 0.4) is 0 Å². The Balaban J connectivity index is 2.58. The molecule has 0 aromatic carbocycles. The quantitative estimate of drug-likeness (QED) is 0.275. The van der Waals surface area contributed by atoms with Gasteiger partial charge in [-0.3, -0.25) is 4.79 Å². The van der Waals surface area contributed by atoms with Crippen LogP contribution in [0.25, 0.3) is 0 Å². The number of carbonyl (C=O) groups excluding carboxylic acids is 1. The third kappa shape index (κ3) is 3.69. The van der Waals surface area contributed by atoms with E-state index in [0.717, 1.165) is 0 Å². The number of sulfone groups is 1. The van der Waals surface area contributed by atoms with Crippen molar-refractivity contribution in [3.8, 4) is 0 Å². The summed E-state index contributed by atoms with van der Waals surface area (Å²) in [5.74, 6) is -0.389. The summed E-state index contributed by atoms with van der Waals surface area (Å²) in [4.78, 5) is 13.0. The van der Waals surface area contributed by atoms with Gasteiger partial charge in [-0.05, 0) is 6.42 Å². The van der Waals surface area contributed by atoms with Crippen molar-refractivity contribution < 1.29 is 18.4 Å². The minimum Gasteiger partial charge on any atom is -0.409 e. The fraction of sp³-hybridized carbons (Fsp3) is 0.750. The molecule has 0 bridgehead atoms. The van der Waals surface area contributed by atoms with Crippen molar-refractivity contribution in [1.82, 2.24) is 4.90 Å². The number of nitrogens with zero attached hydrogens (tertiary/aromatic N) is 2. The second kappa shape index (κ2) is 5.15. The van der Waals surface area contributed by atoms with Gasteiger partial charge in [0.15, 0.2) is 9.84 Å². The van der Waals surface area contributed by atoms with Gasteiger partial charge in [0.2, 0.25) is 5.91 Å². The van der Waals surface area contributed by atoms with Crippen molar-refractivity contribution in [3.05, 3.63) is 0 Å². The van der Waals surface area contributed by atoms with E-state index in [4.69, 9.17) is 10.9 Å². The molecule has 0 saturated carbocycles. The molecule has 8 heteroatoms. The molecule has 0 unspecified atom stereocenters. The molecule has 0 aliphatic carbocycles. The molecule has 1 amide bonds. The molecule has 16 heavy (non-hydrogen) atoms. The lowest BCUT2D eigenvalue weighted by atomic mass is 10.3. The van der Waals surface area contributed by atoms with E-state index in [9.17, 15) is 13.2 Å². The number of nitrogens with two attached hydrogens (primary N) is 1. The molecule has 1 fully saturated rings. The summed E-state index contributed by atoms with van der Waals surface area (Å²) in [5.41, 5.74) is 5.21. The number of rotatable bonds is 2. The molecule has 0 atom stereocenters. The van der Waals surface area contributed by atoms with Crippen LogP contribution in [-0.2, 0) is 14.6 Å². The van der Waals surface area contributed by atoms with Gasteiger partial charge in [-0.15, -0.1) is 0 Å². The first-order chi connectivity index (χ1) is 7.44. The number of amidine groups is 1. The zero-order valence-corrected chi connectivity index (χ0v) is 9.61. The maximum absolute atomic E-state index is 11.6. The first-order valence-electron chi connectivity index (χ1n) is 4.89. The molecule has 1 heterocycles. The average molecular weight is 249 g/mol. The lowest BCUT2D eigenvalue weighted by Crippen LogP contribution is -2.36. The normalized spacial score (nSPS) is 21.5. The van der Waals surface area contributed by atoms with Crippen LogP contribution in [0.2, 0.25) is 0 Å². The van der Waals surface area contributed by atoms with Crippen molar-refractivity contribution in [1.29, 1.82) is 0 Å². The second-order valence-corrected chi connectivity index (χ2v) is 5.96. The van der Waals surface area contributed by atoms with E-state index in [1.165, 1.54) is 4.90 Å². The first kappa shape index (κ1) is 12.8. The highest BCUT2D eigenvalue weighted by Crippen LogP contribution is 2.06. The van der Waals surface area contributed by atoms with E-state index in [1.807, 2.05) is 0 Å². The van der Waals surface area contributed by atoms with Crippen LogP contribution in [0.4, 0.5) is 0 Å². The second-order valence-electron chi connectivity index (χ2n) is 3.65. The standard InChI is InChI=1S/C8H15N3O4S/c9-7(10-13)6-8(12)11-2-1-4-16(14,15)5-3-11/h13H,1-6H2,(H2,9,10). The van der Waals surface area contributed by atoms with E-state index >= 15 is 0 Å². The van der Waals surface area contributed by atoms with Gasteiger partial charge in [-0.1, -0.05) is 5.16 Å². The summed E-state index contributed by atoms with van der Waals surface area (Å²) in [7, 11) is -3.02. The summed E-state index contributed by atoms with van der Waals surface area (Å²) >= 11 is 0. The Bertz CT molecular complexity index is 390. The van der Waals surface area contributed by atoms with Gasteiger partial charge in [-0.25, -0.2) is 8.42 Å². The van der Waals surface area contributed by atoms with Crippen molar-refractivity contribution in [2.75, 3.05) is 24.6 Å². The van der Waals surface area contributed by atoms with Crippen LogP contribution >= 0.6 is 0 Å². The average Bonchev–Trinajstić information content (AvgIpc) is 2.39. The smallest absolute Gasteiger partial charge is 0.230 e. The Morgan fingerprint density at radius 1 is 1.38 bits per heavy atom. The largest absolute Gasteiger partial charge is 0.409 e. The predicted molar refractivity (Wildman–Crippen MR) is 57.9 cm³/mol. The maximum atomic E-state index is 11.6. The van der Waals surface area contributed by atoms with Crippen LogP contribution in [0.1, 0.15) is 12.8 Å². The summed E-state index contributed by atoms with van der Waals surface area (Å²) in [5, 5.41) is 11.0. The molecule has 0 aromatic heterocycles. The third-order valence-corrected chi connectivity index (χ3v) is 4.08. The minimum atomic E-state index is -3.02. The van der Waals surface area contributed by atoms with Crippen molar-refractivity contribution in [3.63, 3.8) is 0 Å². The van der Waals surface area contributed by atoms with E-state index < -0.39 is 9.84 Å². The van der Waals surface area contributed by atoms with E-state index in [1.54, 1.807) is 0 Å². The highest BCUT2D eigenvalue weighted by molar-refractivity contribution is 7.91. The molecule has 1 aliphatic rings.